The highest BCUT2D eigenvalue weighted by molar-refractivity contribution is 7.92. The average Bonchev–Trinajstić information content (AvgIpc) is 2.99. The molecule has 2 heterocycles. The van der Waals surface area contributed by atoms with Crippen LogP contribution in [0.3, 0.4) is 0 Å². The molecule has 30 heavy (non-hydrogen) atoms. The summed E-state index contributed by atoms with van der Waals surface area (Å²) in [6.07, 6.45) is 6.60. The first kappa shape index (κ1) is 22.6. The Kier molecular flexibility index (Phi) is 8.56. The largest absolute Gasteiger partial charge is 0.302 e. The molecule has 0 radical (unpaired) electrons. The van der Waals surface area contributed by atoms with Gasteiger partial charge in [-0.05, 0) is 37.6 Å². The molecular formula is C21H28N4O3S2. The third-order valence-electron chi connectivity index (χ3n) is 4.78. The second-order valence-corrected chi connectivity index (χ2v) is 9.79. The zero-order chi connectivity index (χ0) is 21.2. The minimum absolute atomic E-state index is 0.0271. The van der Waals surface area contributed by atoms with Gasteiger partial charge in [-0.25, -0.2) is 18.1 Å². The van der Waals surface area contributed by atoms with E-state index in [1.807, 2.05) is 35.7 Å². The topological polar surface area (TPSA) is 91.4 Å². The van der Waals surface area contributed by atoms with Crippen molar-refractivity contribution in [1.82, 2.24) is 14.6 Å². The van der Waals surface area contributed by atoms with Gasteiger partial charge < -0.3 is 5.32 Å². The van der Waals surface area contributed by atoms with Gasteiger partial charge in [-0.2, -0.15) is 0 Å². The number of nitrogens with zero attached hydrogens (tertiary/aromatic N) is 2. The smallest absolute Gasteiger partial charge is 0.233 e. The molecule has 0 bridgehead atoms. The van der Waals surface area contributed by atoms with Crippen LogP contribution in [-0.2, 0) is 21.4 Å². The van der Waals surface area contributed by atoms with Crippen molar-refractivity contribution in [3.63, 3.8) is 0 Å². The molecule has 0 spiro atoms. The first-order valence-corrected chi connectivity index (χ1v) is 12.6. The number of likely N-dealkylation sites (tertiary alicyclic amines) is 1. The van der Waals surface area contributed by atoms with Crippen LogP contribution in [-0.4, -0.2) is 43.8 Å². The van der Waals surface area contributed by atoms with Gasteiger partial charge in [0.1, 0.15) is 0 Å². The SMILES string of the molecule is O=C(CCNS(=O)(=O)C=Cc1ccccc1)Nc1nc(CN2CCCCCC2)cs1. The van der Waals surface area contributed by atoms with Gasteiger partial charge in [-0.1, -0.05) is 43.2 Å². The van der Waals surface area contributed by atoms with Crippen molar-refractivity contribution in [2.24, 2.45) is 0 Å². The summed E-state index contributed by atoms with van der Waals surface area (Å²) in [6, 6.07) is 9.16. The third-order valence-corrected chi connectivity index (χ3v) is 6.68. The lowest BCUT2D eigenvalue weighted by Crippen LogP contribution is -2.26. The lowest BCUT2D eigenvalue weighted by molar-refractivity contribution is -0.116. The Morgan fingerprint density at radius 1 is 1.13 bits per heavy atom. The zero-order valence-electron chi connectivity index (χ0n) is 16.9. The Hall–Kier alpha value is -2.07. The third kappa shape index (κ3) is 7.98. The average molecular weight is 449 g/mol. The molecule has 162 valence electrons. The van der Waals surface area contributed by atoms with Crippen LogP contribution >= 0.6 is 11.3 Å². The Balaban J connectivity index is 1.40. The van der Waals surface area contributed by atoms with E-state index in [9.17, 15) is 13.2 Å². The molecule has 0 aliphatic carbocycles. The highest BCUT2D eigenvalue weighted by Crippen LogP contribution is 2.19. The summed E-state index contributed by atoms with van der Waals surface area (Å²) in [4.78, 5) is 19.0. The van der Waals surface area contributed by atoms with Crippen molar-refractivity contribution in [2.45, 2.75) is 38.6 Å². The number of amides is 1. The summed E-state index contributed by atoms with van der Waals surface area (Å²) in [5, 5.41) is 6.38. The molecule has 2 aromatic rings. The highest BCUT2D eigenvalue weighted by Gasteiger charge is 2.13. The number of benzene rings is 1. The van der Waals surface area contributed by atoms with Crippen LogP contribution in [0, 0.1) is 0 Å². The summed E-state index contributed by atoms with van der Waals surface area (Å²) < 4.78 is 26.4. The van der Waals surface area contributed by atoms with Gasteiger partial charge >= 0.3 is 0 Å². The maximum atomic E-state index is 12.1. The van der Waals surface area contributed by atoms with E-state index in [1.54, 1.807) is 0 Å². The van der Waals surface area contributed by atoms with Gasteiger partial charge in [-0.15, -0.1) is 11.3 Å². The number of carbonyl (C=O) groups is 1. The number of sulfonamides is 1. The molecular weight excluding hydrogens is 420 g/mol. The van der Waals surface area contributed by atoms with Crippen LogP contribution in [0.15, 0.2) is 41.1 Å². The van der Waals surface area contributed by atoms with Crippen LogP contribution in [0.2, 0.25) is 0 Å². The predicted molar refractivity (Wildman–Crippen MR) is 122 cm³/mol. The number of hydrogen-bond acceptors (Lipinski definition) is 6. The van der Waals surface area contributed by atoms with E-state index < -0.39 is 10.0 Å². The molecule has 9 heteroatoms. The van der Waals surface area contributed by atoms with Gasteiger partial charge in [0, 0.05) is 30.3 Å². The van der Waals surface area contributed by atoms with Crippen molar-refractivity contribution >= 4 is 38.5 Å². The molecule has 1 aliphatic rings. The molecule has 0 atom stereocenters. The van der Waals surface area contributed by atoms with Gasteiger partial charge in [0.2, 0.25) is 15.9 Å². The highest BCUT2D eigenvalue weighted by atomic mass is 32.2. The van der Waals surface area contributed by atoms with Crippen molar-refractivity contribution in [3.8, 4) is 0 Å². The Morgan fingerprint density at radius 3 is 2.60 bits per heavy atom. The Labute approximate surface area is 182 Å². The Morgan fingerprint density at radius 2 is 1.87 bits per heavy atom. The van der Waals surface area contributed by atoms with Crippen molar-refractivity contribution in [1.29, 1.82) is 0 Å². The number of anilines is 1. The number of nitrogens with one attached hydrogen (secondary N) is 2. The molecule has 1 amide bonds. The van der Waals surface area contributed by atoms with Crippen LogP contribution in [0.5, 0.6) is 0 Å². The number of hydrogen-bond donors (Lipinski definition) is 2. The lowest BCUT2D eigenvalue weighted by atomic mass is 10.2. The standard InChI is InChI=1S/C21H28N4O3S2/c26-20(10-12-22-30(27,28)15-11-18-8-4-3-5-9-18)24-21-23-19(17-29-21)16-25-13-6-1-2-7-14-25/h3-5,8-9,11,15,17,22H,1-2,6-7,10,12-14,16H2,(H,23,24,26). The van der Waals surface area contributed by atoms with Crippen LogP contribution in [0.25, 0.3) is 6.08 Å². The number of carbonyl (C=O) groups excluding carboxylic acids is 1. The molecule has 2 N–H and O–H groups in total. The van der Waals surface area contributed by atoms with Crippen LogP contribution < -0.4 is 10.0 Å². The summed E-state index contributed by atoms with van der Waals surface area (Å²) in [7, 11) is -3.59. The first-order valence-electron chi connectivity index (χ1n) is 10.2. The molecule has 7 nitrogen and oxygen atoms in total. The molecule has 1 saturated heterocycles. The van der Waals surface area contributed by atoms with E-state index in [1.165, 1.54) is 43.1 Å². The monoisotopic (exact) mass is 448 g/mol. The molecule has 1 aromatic heterocycles. The van der Waals surface area contributed by atoms with E-state index in [-0.39, 0.29) is 18.9 Å². The molecule has 0 unspecified atom stereocenters. The zero-order valence-corrected chi connectivity index (χ0v) is 18.6. The quantitative estimate of drug-likeness (QED) is 0.613. The lowest BCUT2D eigenvalue weighted by Gasteiger charge is -2.17. The van der Waals surface area contributed by atoms with Crippen LogP contribution in [0.4, 0.5) is 5.13 Å². The molecule has 1 aliphatic heterocycles. The number of rotatable bonds is 9. The predicted octanol–water partition coefficient (Wildman–Crippen LogP) is 3.44. The normalized spacial score (nSPS) is 15.9. The molecule has 3 rings (SSSR count). The first-order chi connectivity index (χ1) is 14.5. The maximum Gasteiger partial charge on any atom is 0.233 e. The molecule has 1 fully saturated rings. The van der Waals surface area contributed by atoms with E-state index in [2.05, 4.69) is 19.9 Å². The van der Waals surface area contributed by atoms with E-state index >= 15 is 0 Å². The molecule has 0 saturated carbocycles. The van der Waals surface area contributed by atoms with Crippen molar-refractivity contribution in [3.05, 3.63) is 52.4 Å². The minimum atomic E-state index is -3.59. The second-order valence-electron chi connectivity index (χ2n) is 7.29. The maximum absolute atomic E-state index is 12.1. The van der Waals surface area contributed by atoms with Gasteiger partial charge in [-0.3, -0.25) is 9.69 Å². The second kappa shape index (κ2) is 11.4. The summed E-state index contributed by atoms with van der Waals surface area (Å²) in [5.41, 5.74) is 1.75. The van der Waals surface area contributed by atoms with Gasteiger partial charge in [0.15, 0.2) is 5.13 Å². The van der Waals surface area contributed by atoms with Crippen LogP contribution in [0.1, 0.15) is 43.4 Å². The summed E-state index contributed by atoms with van der Waals surface area (Å²) in [6.45, 7) is 3.02. The number of thiazole rings is 1. The van der Waals surface area contributed by atoms with E-state index in [4.69, 9.17) is 0 Å². The fourth-order valence-corrected chi connectivity index (χ4v) is 4.77. The van der Waals surface area contributed by atoms with Gasteiger partial charge in [0.05, 0.1) is 5.69 Å². The minimum Gasteiger partial charge on any atom is -0.302 e. The summed E-state index contributed by atoms with van der Waals surface area (Å²) in [5.74, 6) is -0.264. The van der Waals surface area contributed by atoms with Crippen molar-refractivity contribution in [2.75, 3.05) is 25.0 Å². The van der Waals surface area contributed by atoms with E-state index in [0.29, 0.717) is 5.13 Å². The fraction of sp³-hybridized carbons (Fsp3) is 0.429. The molecule has 1 aromatic carbocycles. The fourth-order valence-electron chi connectivity index (χ4n) is 3.23. The number of aromatic nitrogens is 1. The van der Waals surface area contributed by atoms with Crippen molar-refractivity contribution < 1.29 is 13.2 Å². The van der Waals surface area contributed by atoms with E-state index in [0.717, 1.165) is 36.3 Å². The van der Waals surface area contributed by atoms with Gasteiger partial charge in [0.25, 0.3) is 0 Å². The Bertz CT molecular complexity index is 934. The summed E-state index contributed by atoms with van der Waals surface area (Å²) >= 11 is 1.40.